The van der Waals surface area contributed by atoms with E-state index in [1.807, 2.05) is 32.2 Å². The molecular weight excluding hydrogens is 210 g/mol. The monoisotopic (exact) mass is 225 g/mol. The highest BCUT2D eigenvalue weighted by Gasteiger charge is 2.04. The van der Waals surface area contributed by atoms with E-state index in [1.165, 1.54) is 0 Å². The second-order valence-electron chi connectivity index (χ2n) is 3.19. The Kier molecular flexibility index (Phi) is 4.66. The first-order valence-electron chi connectivity index (χ1n) is 4.94. The number of hydrogen-bond acceptors (Lipinski definition) is 2. The molecule has 0 saturated heterocycles. The maximum Gasteiger partial charge on any atom is 0.119 e. The molecule has 1 rings (SSSR count). The molecule has 0 spiro atoms. The molecule has 0 aliphatic carbocycles. The van der Waals surface area contributed by atoms with E-state index in [4.69, 9.17) is 16.3 Å². The van der Waals surface area contributed by atoms with Crippen LogP contribution in [0, 0.1) is 0 Å². The molecule has 15 heavy (non-hydrogen) atoms. The molecule has 1 aromatic rings. The van der Waals surface area contributed by atoms with Gasteiger partial charge < -0.3 is 10.1 Å². The highest BCUT2D eigenvalue weighted by Crippen LogP contribution is 2.22. The van der Waals surface area contributed by atoms with Crippen molar-refractivity contribution in [3.63, 3.8) is 0 Å². The van der Waals surface area contributed by atoms with Crippen LogP contribution in [0.2, 0.25) is 5.02 Å². The van der Waals surface area contributed by atoms with E-state index in [0.717, 1.165) is 22.7 Å². The third-order valence-electron chi connectivity index (χ3n) is 2.05. The molecule has 0 aromatic heterocycles. The van der Waals surface area contributed by atoms with Crippen LogP contribution in [0.3, 0.4) is 0 Å². The van der Waals surface area contributed by atoms with Crippen LogP contribution in [0.25, 0.3) is 5.76 Å². The van der Waals surface area contributed by atoms with Crippen LogP contribution < -0.4 is 5.32 Å². The summed E-state index contributed by atoms with van der Waals surface area (Å²) in [7, 11) is 1.89. The average Bonchev–Trinajstić information content (AvgIpc) is 2.22. The number of benzene rings is 1. The van der Waals surface area contributed by atoms with E-state index >= 15 is 0 Å². The van der Waals surface area contributed by atoms with Crippen LogP contribution in [-0.4, -0.2) is 13.7 Å². The Morgan fingerprint density at radius 2 is 2.27 bits per heavy atom. The van der Waals surface area contributed by atoms with Crippen molar-refractivity contribution in [3.05, 3.63) is 40.9 Å². The van der Waals surface area contributed by atoms with Gasteiger partial charge in [-0.05, 0) is 37.7 Å². The zero-order valence-electron chi connectivity index (χ0n) is 9.14. The van der Waals surface area contributed by atoms with Gasteiger partial charge in [-0.25, -0.2) is 0 Å². The third-order valence-corrected chi connectivity index (χ3v) is 2.42. The van der Waals surface area contributed by atoms with Crippen molar-refractivity contribution < 1.29 is 4.74 Å². The van der Waals surface area contributed by atoms with Gasteiger partial charge in [0.1, 0.15) is 5.76 Å². The highest BCUT2D eigenvalue weighted by atomic mass is 35.5. The van der Waals surface area contributed by atoms with Gasteiger partial charge in [-0.1, -0.05) is 18.2 Å². The van der Waals surface area contributed by atoms with Crippen molar-refractivity contribution in [1.29, 1.82) is 0 Å². The predicted molar refractivity (Wildman–Crippen MR) is 64.9 cm³/mol. The lowest BCUT2D eigenvalue weighted by Crippen LogP contribution is -2.06. The lowest BCUT2D eigenvalue weighted by molar-refractivity contribution is 0.299. The summed E-state index contributed by atoms with van der Waals surface area (Å²) >= 11 is 6.05. The smallest absolute Gasteiger partial charge is 0.119 e. The fourth-order valence-corrected chi connectivity index (χ4v) is 1.52. The van der Waals surface area contributed by atoms with E-state index in [2.05, 4.69) is 11.9 Å². The highest BCUT2D eigenvalue weighted by molar-refractivity contribution is 6.31. The van der Waals surface area contributed by atoms with Crippen LogP contribution in [0.15, 0.2) is 24.8 Å². The molecule has 0 atom stereocenters. The van der Waals surface area contributed by atoms with Crippen LogP contribution >= 0.6 is 11.6 Å². The molecule has 0 aliphatic heterocycles. The van der Waals surface area contributed by atoms with E-state index in [9.17, 15) is 0 Å². The Hall–Kier alpha value is -0.990. The normalized spacial score (nSPS) is 10.1. The van der Waals surface area contributed by atoms with Crippen molar-refractivity contribution in [1.82, 2.24) is 5.32 Å². The molecular formula is C12H16ClNO. The number of hydrogen-bond donors (Lipinski definition) is 1. The van der Waals surface area contributed by atoms with Gasteiger partial charge in [0.25, 0.3) is 0 Å². The summed E-state index contributed by atoms with van der Waals surface area (Å²) < 4.78 is 5.34. The Bertz CT molecular complexity index is 349. The molecule has 0 unspecified atom stereocenters. The third kappa shape index (κ3) is 3.26. The maximum absolute atomic E-state index is 6.05. The van der Waals surface area contributed by atoms with E-state index in [0.29, 0.717) is 12.4 Å². The topological polar surface area (TPSA) is 21.3 Å². The number of nitrogens with one attached hydrogen (secondary N) is 1. The van der Waals surface area contributed by atoms with Gasteiger partial charge >= 0.3 is 0 Å². The van der Waals surface area contributed by atoms with Gasteiger partial charge in [0.05, 0.1) is 6.61 Å². The van der Waals surface area contributed by atoms with Crippen LogP contribution in [0.4, 0.5) is 0 Å². The summed E-state index contributed by atoms with van der Waals surface area (Å²) in [5, 5.41) is 3.83. The zero-order valence-corrected chi connectivity index (χ0v) is 9.90. The Morgan fingerprint density at radius 3 is 2.87 bits per heavy atom. The molecule has 0 aliphatic rings. The first-order chi connectivity index (χ1) is 7.19. The molecule has 0 heterocycles. The second kappa shape index (κ2) is 5.79. The van der Waals surface area contributed by atoms with Crippen molar-refractivity contribution in [2.45, 2.75) is 13.5 Å². The molecule has 0 amide bonds. The lowest BCUT2D eigenvalue weighted by atomic mass is 10.1. The molecule has 1 aromatic carbocycles. The zero-order chi connectivity index (χ0) is 11.3. The van der Waals surface area contributed by atoms with Crippen LogP contribution in [0.5, 0.6) is 0 Å². The van der Waals surface area contributed by atoms with Crippen molar-refractivity contribution in [3.8, 4) is 0 Å². The van der Waals surface area contributed by atoms with E-state index in [-0.39, 0.29) is 0 Å². The summed E-state index contributed by atoms with van der Waals surface area (Å²) in [6, 6.07) is 5.78. The van der Waals surface area contributed by atoms with Gasteiger partial charge in [-0.2, -0.15) is 0 Å². The first kappa shape index (κ1) is 12.1. The number of ether oxygens (including phenoxy) is 1. The lowest BCUT2D eigenvalue weighted by Gasteiger charge is -2.10. The van der Waals surface area contributed by atoms with Crippen LogP contribution in [0.1, 0.15) is 18.1 Å². The van der Waals surface area contributed by atoms with Gasteiger partial charge in [0.15, 0.2) is 0 Å². The standard InChI is InChI=1S/C12H16ClNO/c1-4-15-9(2)10-5-6-12(13)11(7-10)8-14-3/h5-7,14H,2,4,8H2,1,3H3. The Labute approximate surface area is 95.9 Å². The summed E-state index contributed by atoms with van der Waals surface area (Å²) in [5.41, 5.74) is 2.03. The van der Waals surface area contributed by atoms with Crippen molar-refractivity contribution >= 4 is 17.4 Å². The first-order valence-corrected chi connectivity index (χ1v) is 5.32. The molecule has 1 N–H and O–H groups in total. The van der Waals surface area contributed by atoms with E-state index < -0.39 is 0 Å². The molecule has 2 nitrogen and oxygen atoms in total. The van der Waals surface area contributed by atoms with Gasteiger partial charge in [0, 0.05) is 17.1 Å². The minimum absolute atomic E-state index is 0.628. The largest absolute Gasteiger partial charge is 0.494 e. The fraction of sp³-hybridized carbons (Fsp3) is 0.333. The number of rotatable bonds is 5. The molecule has 3 heteroatoms. The fourth-order valence-electron chi connectivity index (χ4n) is 1.33. The maximum atomic E-state index is 6.05. The SMILES string of the molecule is C=C(OCC)c1ccc(Cl)c(CNC)c1. The van der Waals surface area contributed by atoms with Crippen LogP contribution in [-0.2, 0) is 11.3 Å². The summed E-state index contributed by atoms with van der Waals surface area (Å²) in [5.74, 6) is 0.687. The van der Waals surface area contributed by atoms with Gasteiger partial charge in [-0.15, -0.1) is 0 Å². The summed E-state index contributed by atoms with van der Waals surface area (Å²) in [6.07, 6.45) is 0. The Balaban J connectivity index is 2.91. The van der Waals surface area contributed by atoms with Crippen molar-refractivity contribution in [2.24, 2.45) is 0 Å². The molecule has 0 saturated carbocycles. The summed E-state index contributed by atoms with van der Waals surface area (Å²) in [6.45, 7) is 7.17. The Morgan fingerprint density at radius 1 is 1.53 bits per heavy atom. The second-order valence-corrected chi connectivity index (χ2v) is 3.60. The minimum atomic E-state index is 0.628. The molecule has 82 valence electrons. The predicted octanol–water partition coefficient (Wildman–Crippen LogP) is 3.07. The minimum Gasteiger partial charge on any atom is -0.494 e. The molecule has 0 radical (unpaired) electrons. The average molecular weight is 226 g/mol. The van der Waals surface area contributed by atoms with Gasteiger partial charge in [-0.3, -0.25) is 0 Å². The van der Waals surface area contributed by atoms with Gasteiger partial charge in [0.2, 0.25) is 0 Å². The quantitative estimate of drug-likeness (QED) is 0.778. The van der Waals surface area contributed by atoms with E-state index in [1.54, 1.807) is 0 Å². The van der Waals surface area contributed by atoms with Crippen molar-refractivity contribution in [2.75, 3.05) is 13.7 Å². The number of halogens is 1. The molecule has 0 fully saturated rings. The summed E-state index contributed by atoms with van der Waals surface area (Å²) in [4.78, 5) is 0. The molecule has 0 bridgehead atoms.